The molecule has 2 aromatic rings. The molecule has 0 unspecified atom stereocenters. The minimum Gasteiger partial charge on any atom is -0.464 e. The van der Waals surface area contributed by atoms with Crippen LogP contribution in [0.3, 0.4) is 0 Å². The molecule has 1 aromatic heterocycles. The van der Waals surface area contributed by atoms with Gasteiger partial charge in [-0.2, -0.15) is 0 Å². The summed E-state index contributed by atoms with van der Waals surface area (Å²) in [7, 11) is -3.11. The molecule has 92 valence electrons. The third-order valence-corrected chi connectivity index (χ3v) is 4.06. The number of rotatable bonds is 5. The smallest absolute Gasteiger partial charge is 0.211 e. The van der Waals surface area contributed by atoms with Gasteiger partial charge in [-0.05, 0) is 25.0 Å². The molecule has 4 nitrogen and oxygen atoms in total. The topological polar surface area (TPSA) is 59.3 Å². The van der Waals surface area contributed by atoms with Gasteiger partial charge in [-0.15, -0.1) is 0 Å². The van der Waals surface area contributed by atoms with Crippen molar-refractivity contribution < 1.29 is 12.8 Å². The molecule has 0 atom stereocenters. The summed E-state index contributed by atoms with van der Waals surface area (Å²) >= 11 is 0. The lowest BCUT2D eigenvalue weighted by molar-refractivity contribution is 0.581. The predicted molar refractivity (Wildman–Crippen MR) is 67.4 cm³/mol. The summed E-state index contributed by atoms with van der Waals surface area (Å²) in [5.41, 5.74) is 1.86. The molecule has 0 aliphatic heterocycles. The summed E-state index contributed by atoms with van der Waals surface area (Å²) in [5, 5.41) is 1.04. The fraction of sp³-hybridized carbons (Fsp3) is 0.333. The van der Waals surface area contributed by atoms with E-state index in [0.717, 1.165) is 16.5 Å². The lowest BCUT2D eigenvalue weighted by Gasteiger charge is -2.02. The van der Waals surface area contributed by atoms with Gasteiger partial charge in [-0.1, -0.05) is 18.2 Å². The lowest BCUT2D eigenvalue weighted by Crippen LogP contribution is -2.27. The molecule has 1 aromatic carbocycles. The quantitative estimate of drug-likeness (QED) is 0.885. The highest BCUT2D eigenvalue weighted by Crippen LogP contribution is 2.20. The summed E-state index contributed by atoms with van der Waals surface area (Å²) < 4.78 is 30.4. The van der Waals surface area contributed by atoms with Gasteiger partial charge >= 0.3 is 0 Å². The Labute approximate surface area is 101 Å². The largest absolute Gasteiger partial charge is 0.464 e. The van der Waals surface area contributed by atoms with Crippen molar-refractivity contribution in [2.24, 2.45) is 0 Å². The average Bonchev–Trinajstić information content (AvgIpc) is 2.73. The summed E-state index contributed by atoms with van der Waals surface area (Å²) in [6, 6.07) is 7.73. The Morgan fingerprint density at radius 3 is 2.82 bits per heavy atom. The van der Waals surface area contributed by atoms with Crippen molar-refractivity contribution in [1.29, 1.82) is 0 Å². The van der Waals surface area contributed by atoms with Crippen LogP contribution in [0.15, 0.2) is 34.9 Å². The zero-order valence-electron chi connectivity index (χ0n) is 9.64. The molecule has 0 saturated heterocycles. The number of benzene rings is 1. The number of hydrogen-bond donors (Lipinski definition) is 1. The standard InChI is InChI=1S/C12H15NO3S/c1-2-17(14,15)13-8-7-10-9-16-12-6-4-3-5-11(10)12/h3-6,9,13H,2,7-8H2,1H3. The molecular formula is C12H15NO3S. The second-order valence-electron chi connectivity index (χ2n) is 3.80. The van der Waals surface area contributed by atoms with Crippen molar-refractivity contribution in [3.8, 4) is 0 Å². The van der Waals surface area contributed by atoms with Gasteiger partial charge in [0.15, 0.2) is 0 Å². The molecule has 0 spiro atoms. The van der Waals surface area contributed by atoms with E-state index < -0.39 is 10.0 Å². The molecular weight excluding hydrogens is 238 g/mol. The Morgan fingerprint density at radius 1 is 1.29 bits per heavy atom. The molecule has 0 bridgehead atoms. The SMILES string of the molecule is CCS(=O)(=O)NCCc1coc2ccccc12. The van der Waals surface area contributed by atoms with Crippen molar-refractivity contribution in [1.82, 2.24) is 4.72 Å². The first-order valence-corrected chi connectivity index (χ1v) is 7.20. The predicted octanol–water partition coefficient (Wildman–Crippen LogP) is 1.91. The normalized spacial score (nSPS) is 12.1. The van der Waals surface area contributed by atoms with Gasteiger partial charge in [0.2, 0.25) is 10.0 Å². The second-order valence-corrected chi connectivity index (χ2v) is 5.90. The Balaban J connectivity index is 2.05. The fourth-order valence-corrected chi connectivity index (χ4v) is 2.29. The Kier molecular flexibility index (Phi) is 3.49. The minimum absolute atomic E-state index is 0.110. The van der Waals surface area contributed by atoms with Crippen molar-refractivity contribution in [3.05, 3.63) is 36.1 Å². The maximum Gasteiger partial charge on any atom is 0.211 e. The van der Waals surface area contributed by atoms with Gasteiger partial charge in [0.05, 0.1) is 12.0 Å². The van der Waals surface area contributed by atoms with Gasteiger partial charge in [0, 0.05) is 11.9 Å². The molecule has 5 heteroatoms. The van der Waals surface area contributed by atoms with Crippen molar-refractivity contribution in [3.63, 3.8) is 0 Å². The first-order valence-electron chi connectivity index (χ1n) is 5.55. The van der Waals surface area contributed by atoms with Crippen LogP contribution in [0.25, 0.3) is 11.0 Å². The number of fused-ring (bicyclic) bond motifs is 1. The molecule has 1 N–H and O–H groups in total. The number of sulfonamides is 1. The zero-order chi connectivity index (χ0) is 12.3. The average molecular weight is 253 g/mol. The number of furan rings is 1. The van der Waals surface area contributed by atoms with Crippen LogP contribution < -0.4 is 4.72 Å². The monoisotopic (exact) mass is 253 g/mol. The Morgan fingerprint density at radius 2 is 2.06 bits per heavy atom. The first kappa shape index (κ1) is 12.1. The molecule has 0 aliphatic rings. The summed E-state index contributed by atoms with van der Waals surface area (Å²) in [6.45, 7) is 2.02. The molecule has 0 aliphatic carbocycles. The van der Waals surface area contributed by atoms with Gasteiger partial charge in [0.1, 0.15) is 5.58 Å². The highest BCUT2D eigenvalue weighted by atomic mass is 32.2. The highest BCUT2D eigenvalue weighted by Gasteiger charge is 2.08. The van der Waals surface area contributed by atoms with E-state index >= 15 is 0 Å². The van der Waals surface area contributed by atoms with E-state index in [1.54, 1.807) is 13.2 Å². The van der Waals surface area contributed by atoms with Crippen LogP contribution in [-0.4, -0.2) is 20.7 Å². The number of para-hydroxylation sites is 1. The van der Waals surface area contributed by atoms with E-state index in [2.05, 4.69) is 4.72 Å². The fourth-order valence-electron chi connectivity index (χ4n) is 1.67. The summed E-state index contributed by atoms with van der Waals surface area (Å²) in [5.74, 6) is 0.110. The van der Waals surface area contributed by atoms with Crippen molar-refractivity contribution >= 4 is 21.0 Å². The Bertz CT molecular complexity index is 601. The van der Waals surface area contributed by atoms with Crippen LogP contribution >= 0.6 is 0 Å². The van der Waals surface area contributed by atoms with Crippen LogP contribution in [0.1, 0.15) is 12.5 Å². The van der Waals surface area contributed by atoms with E-state index in [1.165, 1.54) is 0 Å². The molecule has 0 saturated carbocycles. The third kappa shape index (κ3) is 2.87. The van der Waals surface area contributed by atoms with Gasteiger partial charge in [-0.25, -0.2) is 13.1 Å². The van der Waals surface area contributed by atoms with Crippen LogP contribution in [-0.2, 0) is 16.4 Å². The minimum atomic E-state index is -3.11. The van der Waals surface area contributed by atoms with E-state index in [1.807, 2.05) is 24.3 Å². The van der Waals surface area contributed by atoms with Gasteiger partial charge < -0.3 is 4.42 Å². The van der Waals surface area contributed by atoms with Crippen LogP contribution in [0.2, 0.25) is 0 Å². The summed E-state index contributed by atoms with van der Waals surface area (Å²) in [4.78, 5) is 0. The zero-order valence-corrected chi connectivity index (χ0v) is 10.5. The lowest BCUT2D eigenvalue weighted by atomic mass is 10.1. The van der Waals surface area contributed by atoms with Gasteiger partial charge in [0.25, 0.3) is 0 Å². The molecule has 1 heterocycles. The molecule has 0 fully saturated rings. The molecule has 2 rings (SSSR count). The molecule has 17 heavy (non-hydrogen) atoms. The second kappa shape index (κ2) is 4.89. The van der Waals surface area contributed by atoms with Gasteiger partial charge in [-0.3, -0.25) is 0 Å². The number of hydrogen-bond acceptors (Lipinski definition) is 3. The van der Waals surface area contributed by atoms with E-state index in [4.69, 9.17) is 4.42 Å². The van der Waals surface area contributed by atoms with E-state index in [0.29, 0.717) is 13.0 Å². The summed E-state index contributed by atoms with van der Waals surface area (Å²) in [6.07, 6.45) is 2.32. The third-order valence-electron chi connectivity index (χ3n) is 2.66. The van der Waals surface area contributed by atoms with Crippen LogP contribution in [0.4, 0.5) is 0 Å². The van der Waals surface area contributed by atoms with E-state index in [-0.39, 0.29) is 5.75 Å². The van der Waals surface area contributed by atoms with E-state index in [9.17, 15) is 8.42 Å². The van der Waals surface area contributed by atoms with Crippen LogP contribution in [0.5, 0.6) is 0 Å². The maximum atomic E-state index is 11.3. The molecule has 0 amide bonds. The van der Waals surface area contributed by atoms with Crippen molar-refractivity contribution in [2.75, 3.05) is 12.3 Å². The first-order chi connectivity index (χ1) is 8.12. The van der Waals surface area contributed by atoms with Crippen molar-refractivity contribution in [2.45, 2.75) is 13.3 Å². The number of nitrogens with one attached hydrogen (secondary N) is 1. The maximum absolute atomic E-state index is 11.3. The molecule has 0 radical (unpaired) electrons. The Hall–Kier alpha value is -1.33. The highest BCUT2D eigenvalue weighted by molar-refractivity contribution is 7.89. The van der Waals surface area contributed by atoms with Crippen LogP contribution in [0, 0.1) is 0 Å².